The molecule has 0 bridgehead atoms. The number of nitrogens with zero attached hydrogens (tertiary/aromatic N) is 1. The van der Waals surface area contributed by atoms with E-state index < -0.39 is 0 Å². The molecule has 1 fully saturated rings. The summed E-state index contributed by atoms with van der Waals surface area (Å²) in [6, 6.07) is 6.11. The molecule has 1 aromatic heterocycles. The Morgan fingerprint density at radius 2 is 1.87 bits per heavy atom. The molecule has 126 valence electrons. The highest BCUT2D eigenvalue weighted by Crippen LogP contribution is 2.31. The Morgan fingerprint density at radius 1 is 1.13 bits per heavy atom. The second kappa shape index (κ2) is 7.63. The average Bonchev–Trinajstić information content (AvgIpc) is 2.98. The van der Waals surface area contributed by atoms with Crippen molar-refractivity contribution in [2.75, 3.05) is 0 Å². The summed E-state index contributed by atoms with van der Waals surface area (Å²) >= 11 is 1.74. The van der Waals surface area contributed by atoms with Crippen LogP contribution >= 0.6 is 11.3 Å². The first-order valence-electron chi connectivity index (χ1n) is 8.88. The zero-order valence-corrected chi connectivity index (χ0v) is 14.9. The van der Waals surface area contributed by atoms with E-state index in [0.717, 1.165) is 36.9 Å². The predicted molar refractivity (Wildman–Crippen MR) is 96.5 cm³/mol. The van der Waals surface area contributed by atoms with Gasteiger partial charge in [-0.2, -0.15) is 0 Å². The maximum absolute atomic E-state index is 10.4. The van der Waals surface area contributed by atoms with Crippen molar-refractivity contribution in [1.29, 1.82) is 0 Å². The molecule has 1 saturated carbocycles. The first kappa shape index (κ1) is 16.7. The zero-order valence-electron chi connectivity index (χ0n) is 14.1. The van der Waals surface area contributed by atoms with Crippen molar-refractivity contribution < 1.29 is 9.84 Å². The van der Waals surface area contributed by atoms with Crippen molar-refractivity contribution in [2.45, 2.75) is 76.9 Å². The molecule has 1 N–H and O–H groups in total. The van der Waals surface area contributed by atoms with Crippen molar-refractivity contribution in [2.24, 2.45) is 0 Å². The van der Waals surface area contributed by atoms with E-state index in [1.807, 2.05) is 12.1 Å². The Bertz CT molecular complexity index is 637. The second-order valence-corrected chi connectivity index (χ2v) is 7.97. The van der Waals surface area contributed by atoms with Gasteiger partial charge in [0.25, 0.3) is 0 Å². The summed E-state index contributed by atoms with van der Waals surface area (Å²) in [5.41, 5.74) is 1.04. The topological polar surface area (TPSA) is 42.4 Å². The van der Waals surface area contributed by atoms with Crippen LogP contribution in [-0.2, 0) is 0 Å². The lowest BCUT2D eigenvalue weighted by atomic mass is 10.0. The number of hydrogen-bond donors (Lipinski definition) is 1. The summed E-state index contributed by atoms with van der Waals surface area (Å²) in [6.07, 6.45) is 7.37. The number of aliphatic hydroxyl groups excluding tert-OH is 1. The monoisotopic (exact) mass is 333 g/mol. The number of aromatic nitrogens is 1. The number of benzene rings is 1. The van der Waals surface area contributed by atoms with E-state index in [1.54, 1.807) is 11.3 Å². The maximum atomic E-state index is 10.4. The van der Waals surface area contributed by atoms with Crippen LogP contribution in [0.3, 0.4) is 0 Å². The molecule has 1 aliphatic rings. The Labute approximate surface area is 142 Å². The first-order valence-corrected chi connectivity index (χ1v) is 9.70. The molecule has 2 atom stereocenters. The molecule has 0 saturated heterocycles. The van der Waals surface area contributed by atoms with Crippen LogP contribution in [0.25, 0.3) is 10.2 Å². The standard InChI is InChI=1S/C19H27NO2S/c1-13(2)19-20-15-11-10-14(12-18(15)23-19)22-17-9-7-5-3-4-6-8-16(17)21/h10-13,16-17,21H,3-9H2,1-2H3/t16-,17+/m0/s1. The van der Waals surface area contributed by atoms with E-state index >= 15 is 0 Å². The van der Waals surface area contributed by atoms with Gasteiger partial charge in [0.1, 0.15) is 11.9 Å². The van der Waals surface area contributed by atoms with Gasteiger partial charge in [0.05, 0.1) is 21.3 Å². The molecule has 1 heterocycles. The van der Waals surface area contributed by atoms with E-state index in [-0.39, 0.29) is 12.2 Å². The van der Waals surface area contributed by atoms with Gasteiger partial charge < -0.3 is 9.84 Å². The van der Waals surface area contributed by atoms with E-state index in [0.29, 0.717) is 5.92 Å². The van der Waals surface area contributed by atoms with Crippen LogP contribution in [-0.4, -0.2) is 22.3 Å². The lowest BCUT2D eigenvalue weighted by Crippen LogP contribution is -2.31. The van der Waals surface area contributed by atoms with Crippen molar-refractivity contribution >= 4 is 21.6 Å². The Kier molecular flexibility index (Phi) is 5.54. The SMILES string of the molecule is CC(C)c1nc2ccc(O[C@@H]3CCCCCCC[C@@H]3O)cc2s1. The average molecular weight is 333 g/mol. The molecule has 0 amide bonds. The molecule has 1 aromatic carbocycles. The van der Waals surface area contributed by atoms with Gasteiger partial charge in [0, 0.05) is 5.92 Å². The molecule has 0 spiro atoms. The summed E-state index contributed by atoms with van der Waals surface area (Å²) in [7, 11) is 0. The number of ether oxygens (including phenoxy) is 1. The largest absolute Gasteiger partial charge is 0.488 e. The lowest BCUT2D eigenvalue weighted by molar-refractivity contribution is 0.0253. The molecule has 3 nitrogen and oxygen atoms in total. The molecule has 0 radical (unpaired) electrons. The molecule has 0 aliphatic heterocycles. The lowest BCUT2D eigenvalue weighted by Gasteiger charge is -2.23. The van der Waals surface area contributed by atoms with Crippen LogP contribution in [0.15, 0.2) is 18.2 Å². The summed E-state index contributed by atoms with van der Waals surface area (Å²) in [6.45, 7) is 4.34. The third-order valence-electron chi connectivity index (χ3n) is 4.58. The van der Waals surface area contributed by atoms with Crippen molar-refractivity contribution in [1.82, 2.24) is 4.98 Å². The number of hydrogen-bond acceptors (Lipinski definition) is 4. The van der Waals surface area contributed by atoms with Crippen LogP contribution < -0.4 is 4.74 Å². The zero-order chi connectivity index (χ0) is 16.2. The summed E-state index contributed by atoms with van der Waals surface area (Å²) in [5.74, 6) is 1.31. The number of fused-ring (bicyclic) bond motifs is 1. The molecule has 3 rings (SSSR count). The maximum Gasteiger partial charge on any atom is 0.124 e. The minimum absolute atomic E-state index is 0.0805. The highest BCUT2D eigenvalue weighted by Gasteiger charge is 2.22. The van der Waals surface area contributed by atoms with Gasteiger partial charge in [-0.15, -0.1) is 11.3 Å². The molecule has 2 aromatic rings. The number of thiazole rings is 1. The first-order chi connectivity index (χ1) is 11.1. The molecule has 1 aliphatic carbocycles. The second-order valence-electron chi connectivity index (χ2n) is 6.91. The fraction of sp³-hybridized carbons (Fsp3) is 0.632. The molecule has 23 heavy (non-hydrogen) atoms. The summed E-state index contributed by atoms with van der Waals surface area (Å²) < 4.78 is 7.34. The van der Waals surface area contributed by atoms with Crippen LogP contribution in [0.4, 0.5) is 0 Å². The van der Waals surface area contributed by atoms with Crippen LogP contribution in [0.1, 0.15) is 69.7 Å². The fourth-order valence-electron chi connectivity index (χ4n) is 3.16. The third-order valence-corrected chi connectivity index (χ3v) is 5.89. The van der Waals surface area contributed by atoms with Gasteiger partial charge in [0.15, 0.2) is 0 Å². The highest BCUT2D eigenvalue weighted by molar-refractivity contribution is 7.18. The smallest absolute Gasteiger partial charge is 0.124 e. The van der Waals surface area contributed by atoms with Gasteiger partial charge in [-0.05, 0) is 37.5 Å². The highest BCUT2D eigenvalue weighted by atomic mass is 32.1. The van der Waals surface area contributed by atoms with E-state index in [4.69, 9.17) is 4.74 Å². The Hall–Kier alpha value is -1.13. The van der Waals surface area contributed by atoms with Crippen molar-refractivity contribution in [3.05, 3.63) is 23.2 Å². The Morgan fingerprint density at radius 3 is 2.65 bits per heavy atom. The van der Waals surface area contributed by atoms with Crippen molar-refractivity contribution in [3.8, 4) is 5.75 Å². The van der Waals surface area contributed by atoms with Crippen LogP contribution in [0.2, 0.25) is 0 Å². The van der Waals surface area contributed by atoms with E-state index in [2.05, 4.69) is 24.9 Å². The molecule has 4 heteroatoms. The number of rotatable bonds is 3. The van der Waals surface area contributed by atoms with Crippen LogP contribution in [0, 0.1) is 0 Å². The van der Waals surface area contributed by atoms with Crippen molar-refractivity contribution in [3.63, 3.8) is 0 Å². The third kappa shape index (κ3) is 4.24. The van der Waals surface area contributed by atoms with Gasteiger partial charge in [-0.1, -0.05) is 39.5 Å². The minimum Gasteiger partial charge on any atom is -0.488 e. The van der Waals surface area contributed by atoms with Gasteiger partial charge >= 0.3 is 0 Å². The summed E-state index contributed by atoms with van der Waals surface area (Å²) in [5, 5.41) is 11.6. The summed E-state index contributed by atoms with van der Waals surface area (Å²) in [4.78, 5) is 4.67. The minimum atomic E-state index is -0.350. The van der Waals surface area contributed by atoms with Gasteiger partial charge in [-0.25, -0.2) is 4.98 Å². The number of aliphatic hydroxyl groups is 1. The molecular weight excluding hydrogens is 306 g/mol. The van der Waals surface area contributed by atoms with Crippen LogP contribution in [0.5, 0.6) is 5.75 Å². The molecular formula is C19H27NO2S. The van der Waals surface area contributed by atoms with Gasteiger partial charge in [-0.3, -0.25) is 0 Å². The predicted octanol–water partition coefficient (Wildman–Crippen LogP) is 5.27. The Balaban J connectivity index is 1.75. The quantitative estimate of drug-likeness (QED) is 0.831. The van der Waals surface area contributed by atoms with Gasteiger partial charge in [0.2, 0.25) is 0 Å². The van der Waals surface area contributed by atoms with E-state index in [9.17, 15) is 5.11 Å². The normalized spacial score (nSPS) is 23.5. The van der Waals surface area contributed by atoms with E-state index in [1.165, 1.54) is 29.0 Å². The molecule has 0 unspecified atom stereocenters. The fourth-order valence-corrected chi connectivity index (χ4v) is 4.16.